The van der Waals surface area contributed by atoms with E-state index in [4.69, 9.17) is 4.99 Å². The van der Waals surface area contributed by atoms with Crippen molar-refractivity contribution in [2.75, 3.05) is 26.0 Å². The first-order valence-electron chi connectivity index (χ1n) is 10.2. The Morgan fingerprint density at radius 1 is 0.963 bits per heavy atom. The normalized spacial score (nSPS) is 30.0. The number of benzene rings is 2. The number of nitrogens with zero attached hydrogens (tertiary/aromatic N) is 3. The fourth-order valence-corrected chi connectivity index (χ4v) is 5.12. The van der Waals surface area contributed by atoms with Crippen LogP contribution < -0.4 is 4.90 Å². The highest BCUT2D eigenvalue weighted by Crippen LogP contribution is 2.43. The Morgan fingerprint density at radius 3 is 2.19 bits per heavy atom. The molecule has 3 heteroatoms. The Balaban J connectivity index is 1.42. The second kappa shape index (κ2) is 7.47. The molecule has 2 fully saturated rings. The lowest BCUT2D eigenvalue weighted by molar-refractivity contribution is -0.960. The highest BCUT2D eigenvalue weighted by Gasteiger charge is 2.51. The predicted octanol–water partition coefficient (Wildman–Crippen LogP) is 4.51. The minimum absolute atomic E-state index is 0.484. The van der Waals surface area contributed by atoms with Gasteiger partial charge in [-0.15, -0.1) is 0 Å². The van der Waals surface area contributed by atoms with Crippen LogP contribution in [0.5, 0.6) is 0 Å². The van der Waals surface area contributed by atoms with Gasteiger partial charge in [0, 0.05) is 57.2 Å². The van der Waals surface area contributed by atoms with Crippen LogP contribution in [0.4, 0.5) is 5.69 Å². The fraction of sp³-hybridized carbons (Fsp3) is 0.458. The number of anilines is 1. The molecular formula is C24H32N3+. The quantitative estimate of drug-likeness (QED) is 0.564. The van der Waals surface area contributed by atoms with Crippen LogP contribution >= 0.6 is 0 Å². The molecule has 2 atom stereocenters. The van der Waals surface area contributed by atoms with Crippen molar-refractivity contribution in [3.8, 4) is 0 Å². The molecule has 2 aromatic carbocycles. The molecule has 27 heavy (non-hydrogen) atoms. The summed E-state index contributed by atoms with van der Waals surface area (Å²) in [4.78, 5) is 7.12. The van der Waals surface area contributed by atoms with Gasteiger partial charge in [0.1, 0.15) is 6.54 Å². The van der Waals surface area contributed by atoms with Gasteiger partial charge in [-0.1, -0.05) is 42.5 Å². The highest BCUT2D eigenvalue weighted by molar-refractivity contribution is 5.80. The average molecular weight is 363 g/mol. The zero-order valence-electron chi connectivity index (χ0n) is 16.9. The second-order valence-corrected chi connectivity index (χ2v) is 8.76. The molecule has 2 aromatic rings. The lowest BCUT2D eigenvalue weighted by atomic mass is 9.94. The summed E-state index contributed by atoms with van der Waals surface area (Å²) in [6.07, 6.45) is 7.27. The maximum absolute atomic E-state index is 4.99. The third-order valence-electron chi connectivity index (χ3n) is 6.80. The molecule has 2 unspecified atom stereocenters. The molecule has 2 saturated heterocycles. The molecule has 0 aliphatic carbocycles. The van der Waals surface area contributed by atoms with Crippen LogP contribution in [0.2, 0.25) is 0 Å². The molecule has 2 bridgehead atoms. The topological polar surface area (TPSA) is 15.6 Å². The van der Waals surface area contributed by atoms with Crippen molar-refractivity contribution in [3.63, 3.8) is 0 Å². The van der Waals surface area contributed by atoms with E-state index in [1.165, 1.54) is 53.5 Å². The minimum atomic E-state index is 0.484. The van der Waals surface area contributed by atoms with Crippen molar-refractivity contribution < 1.29 is 4.48 Å². The van der Waals surface area contributed by atoms with E-state index in [-0.39, 0.29) is 0 Å². The second-order valence-electron chi connectivity index (χ2n) is 8.76. The largest absolute Gasteiger partial charge is 0.378 e. The standard InChI is InChI=1S/C24H32N3/c1-26(2)22-11-9-19(10-12-22)17-25-21-15-23-13-14-24(16-21)27(23,3)18-20-7-5-4-6-8-20/h4-12,17,21,23-24H,13-16,18H2,1-3H3/q+1. The van der Waals surface area contributed by atoms with Gasteiger partial charge in [-0.3, -0.25) is 4.99 Å². The summed E-state index contributed by atoms with van der Waals surface area (Å²) < 4.78 is 1.22. The monoisotopic (exact) mass is 362 g/mol. The molecule has 142 valence electrons. The zero-order valence-corrected chi connectivity index (χ0v) is 16.9. The molecule has 4 rings (SSSR count). The van der Waals surface area contributed by atoms with E-state index in [9.17, 15) is 0 Å². The molecule has 0 amide bonds. The van der Waals surface area contributed by atoms with Gasteiger partial charge < -0.3 is 9.38 Å². The van der Waals surface area contributed by atoms with Crippen LogP contribution in [0.1, 0.15) is 36.8 Å². The van der Waals surface area contributed by atoms with Gasteiger partial charge in [0.15, 0.2) is 0 Å². The molecule has 0 radical (unpaired) electrons. The highest BCUT2D eigenvalue weighted by atomic mass is 15.4. The average Bonchev–Trinajstić information content (AvgIpc) is 2.85. The number of piperidine rings is 1. The minimum Gasteiger partial charge on any atom is -0.378 e. The van der Waals surface area contributed by atoms with Crippen molar-refractivity contribution >= 4 is 11.9 Å². The molecule has 3 nitrogen and oxygen atoms in total. The van der Waals surface area contributed by atoms with Crippen LogP contribution in [0.3, 0.4) is 0 Å². The molecular weight excluding hydrogens is 330 g/mol. The lowest BCUT2D eigenvalue weighted by Gasteiger charge is -2.46. The van der Waals surface area contributed by atoms with Gasteiger partial charge in [0.05, 0.1) is 25.2 Å². The van der Waals surface area contributed by atoms with Crippen LogP contribution in [0, 0.1) is 0 Å². The third kappa shape index (κ3) is 3.79. The maximum atomic E-state index is 4.99. The third-order valence-corrected chi connectivity index (χ3v) is 6.80. The van der Waals surface area contributed by atoms with E-state index >= 15 is 0 Å². The van der Waals surface area contributed by atoms with Gasteiger partial charge in [0.25, 0.3) is 0 Å². The molecule has 0 N–H and O–H groups in total. The van der Waals surface area contributed by atoms with Gasteiger partial charge >= 0.3 is 0 Å². The molecule has 2 heterocycles. The van der Waals surface area contributed by atoms with E-state index < -0.39 is 0 Å². The Bertz CT molecular complexity index is 765. The summed E-state index contributed by atoms with van der Waals surface area (Å²) in [6.45, 7) is 1.17. The van der Waals surface area contributed by atoms with Crippen molar-refractivity contribution in [1.29, 1.82) is 0 Å². The number of hydrogen-bond acceptors (Lipinski definition) is 2. The predicted molar refractivity (Wildman–Crippen MR) is 115 cm³/mol. The summed E-state index contributed by atoms with van der Waals surface area (Å²) in [5, 5.41) is 0. The molecule has 0 spiro atoms. The van der Waals surface area contributed by atoms with Crippen LogP contribution in [0.25, 0.3) is 0 Å². The van der Waals surface area contributed by atoms with E-state index in [2.05, 4.69) is 86.9 Å². The first-order chi connectivity index (χ1) is 13.0. The maximum Gasteiger partial charge on any atom is 0.105 e. The first-order valence-corrected chi connectivity index (χ1v) is 10.2. The summed E-state index contributed by atoms with van der Waals surface area (Å²) in [5.41, 5.74) is 3.91. The smallest absolute Gasteiger partial charge is 0.105 e. The fourth-order valence-electron chi connectivity index (χ4n) is 5.12. The SMILES string of the molecule is CN(C)c1ccc(C=NC2CC3CCC(C2)[N+]3(C)Cc2ccccc2)cc1. The number of rotatable bonds is 5. The van der Waals surface area contributed by atoms with Crippen molar-refractivity contribution in [2.45, 2.75) is 50.4 Å². The first kappa shape index (κ1) is 18.2. The summed E-state index contributed by atoms with van der Waals surface area (Å²) in [5.74, 6) is 0. The Hall–Kier alpha value is -2.13. The van der Waals surface area contributed by atoms with Crippen molar-refractivity contribution in [2.24, 2.45) is 4.99 Å². The van der Waals surface area contributed by atoms with E-state index in [0.29, 0.717) is 6.04 Å². The summed E-state index contributed by atoms with van der Waals surface area (Å²) in [6, 6.07) is 21.7. The number of fused-ring (bicyclic) bond motifs is 2. The number of quaternary nitrogens is 1. The van der Waals surface area contributed by atoms with Gasteiger partial charge in [0.2, 0.25) is 0 Å². The Morgan fingerprint density at radius 2 is 1.59 bits per heavy atom. The molecule has 2 aliphatic rings. The van der Waals surface area contributed by atoms with Gasteiger partial charge in [-0.25, -0.2) is 0 Å². The zero-order chi connectivity index (χ0) is 18.9. The number of hydrogen-bond donors (Lipinski definition) is 0. The number of aliphatic imine (C=N–C) groups is 1. The summed E-state index contributed by atoms with van der Waals surface area (Å²) in [7, 11) is 6.63. The Labute approximate surface area is 163 Å². The Kier molecular flexibility index (Phi) is 5.05. The lowest BCUT2D eigenvalue weighted by Crippen LogP contribution is -2.57. The van der Waals surface area contributed by atoms with Gasteiger partial charge in [-0.05, 0) is 17.7 Å². The van der Waals surface area contributed by atoms with Crippen LogP contribution in [-0.4, -0.2) is 50.0 Å². The molecule has 0 saturated carbocycles. The summed E-state index contributed by atoms with van der Waals surface area (Å²) >= 11 is 0. The van der Waals surface area contributed by atoms with E-state index in [0.717, 1.165) is 12.1 Å². The van der Waals surface area contributed by atoms with Crippen LogP contribution in [0.15, 0.2) is 59.6 Å². The molecule has 2 aliphatic heterocycles. The van der Waals surface area contributed by atoms with Crippen molar-refractivity contribution in [1.82, 2.24) is 0 Å². The van der Waals surface area contributed by atoms with E-state index in [1.807, 2.05) is 0 Å². The van der Waals surface area contributed by atoms with Crippen molar-refractivity contribution in [3.05, 3.63) is 65.7 Å². The van der Waals surface area contributed by atoms with Crippen LogP contribution in [-0.2, 0) is 6.54 Å². The molecule has 0 aromatic heterocycles. The van der Waals surface area contributed by atoms with E-state index in [1.54, 1.807) is 0 Å². The van der Waals surface area contributed by atoms with Gasteiger partial charge in [-0.2, -0.15) is 0 Å².